The smallest absolute Gasteiger partial charge is 0.254 e. The molecule has 1 fully saturated rings. The summed E-state index contributed by atoms with van der Waals surface area (Å²) < 4.78 is 0. The molecule has 0 radical (unpaired) electrons. The lowest BCUT2D eigenvalue weighted by molar-refractivity contribution is 0.0660. The first kappa shape index (κ1) is 12.1. The molecule has 0 aromatic heterocycles. The summed E-state index contributed by atoms with van der Waals surface area (Å²) in [4.78, 5) is 17.2. The highest BCUT2D eigenvalue weighted by Crippen LogP contribution is 2.35. The molecule has 1 aliphatic carbocycles. The summed E-state index contributed by atoms with van der Waals surface area (Å²) in [5, 5.41) is 3.69. The van der Waals surface area contributed by atoms with Crippen LogP contribution in [0, 0.1) is 0 Å². The van der Waals surface area contributed by atoms with Crippen molar-refractivity contribution >= 4 is 11.6 Å². The zero-order chi connectivity index (χ0) is 13.2. The van der Waals surface area contributed by atoms with Crippen molar-refractivity contribution in [3.63, 3.8) is 0 Å². The first-order valence-corrected chi connectivity index (χ1v) is 6.79. The van der Waals surface area contributed by atoms with E-state index in [1.54, 1.807) is 12.1 Å². The number of hydrogen-bond acceptors (Lipinski definition) is 2. The van der Waals surface area contributed by atoms with Gasteiger partial charge in [0.05, 0.1) is 0 Å². The summed E-state index contributed by atoms with van der Waals surface area (Å²) in [6.07, 6.45) is 5.87. The maximum atomic E-state index is 12.4. The summed E-state index contributed by atoms with van der Waals surface area (Å²) in [5.74, 6) is 0.0943. The average Bonchev–Trinajstić information content (AvgIpc) is 2.79. The molecule has 1 aromatic rings. The van der Waals surface area contributed by atoms with Gasteiger partial charge in [-0.1, -0.05) is 36.5 Å². The highest BCUT2D eigenvalue weighted by atomic mass is 16.2. The van der Waals surface area contributed by atoms with E-state index in [0.717, 1.165) is 18.4 Å². The van der Waals surface area contributed by atoms with Crippen molar-refractivity contribution in [2.24, 2.45) is 5.11 Å². The fraction of sp³-hybridized carbons (Fsp3) is 0.500. The lowest BCUT2D eigenvalue weighted by Crippen LogP contribution is -2.36. The van der Waals surface area contributed by atoms with Crippen LogP contribution in [-0.4, -0.2) is 16.8 Å². The summed E-state index contributed by atoms with van der Waals surface area (Å²) in [7, 11) is 0. The Bertz CT molecular complexity index is 557. The minimum atomic E-state index is 0.0943. The zero-order valence-corrected chi connectivity index (χ0v) is 10.7. The number of azide groups is 1. The molecular weight excluding hydrogens is 240 g/mol. The molecule has 0 bridgehead atoms. The molecule has 19 heavy (non-hydrogen) atoms. The molecule has 1 aromatic carbocycles. The number of nitrogens with zero attached hydrogens (tertiary/aromatic N) is 4. The van der Waals surface area contributed by atoms with Gasteiger partial charge in [0.2, 0.25) is 0 Å². The SMILES string of the molecule is [N-]=[N+]=Nc1cccc2c1CN(C1CCCCC1)C2=O. The maximum Gasteiger partial charge on any atom is 0.254 e. The molecule has 5 heteroatoms. The van der Waals surface area contributed by atoms with Crippen molar-refractivity contribution in [2.45, 2.75) is 44.7 Å². The van der Waals surface area contributed by atoms with Crippen LogP contribution in [0.5, 0.6) is 0 Å². The second-order valence-corrected chi connectivity index (χ2v) is 5.22. The van der Waals surface area contributed by atoms with Crippen molar-refractivity contribution in [2.75, 3.05) is 0 Å². The Hall–Kier alpha value is -2.00. The van der Waals surface area contributed by atoms with E-state index in [9.17, 15) is 4.79 Å². The Morgan fingerprint density at radius 3 is 2.79 bits per heavy atom. The van der Waals surface area contributed by atoms with Crippen LogP contribution in [0.3, 0.4) is 0 Å². The van der Waals surface area contributed by atoms with Gasteiger partial charge in [-0.25, -0.2) is 0 Å². The predicted octanol–water partition coefficient (Wildman–Crippen LogP) is 3.92. The van der Waals surface area contributed by atoms with Gasteiger partial charge in [-0.3, -0.25) is 4.79 Å². The molecule has 0 spiro atoms. The molecule has 98 valence electrons. The number of carbonyl (C=O) groups excluding carboxylic acids is 1. The molecule has 1 heterocycles. The fourth-order valence-corrected chi connectivity index (χ4v) is 3.17. The summed E-state index contributed by atoms with van der Waals surface area (Å²) in [5.41, 5.74) is 10.8. The Labute approximate surface area is 111 Å². The van der Waals surface area contributed by atoms with Crippen molar-refractivity contribution in [3.05, 3.63) is 39.8 Å². The molecule has 0 atom stereocenters. The third-order valence-corrected chi connectivity index (χ3v) is 4.14. The number of hydrogen-bond donors (Lipinski definition) is 0. The average molecular weight is 256 g/mol. The summed E-state index contributed by atoms with van der Waals surface area (Å²) in [6, 6.07) is 5.74. The highest BCUT2D eigenvalue weighted by Gasteiger charge is 2.34. The van der Waals surface area contributed by atoms with Crippen LogP contribution in [0.15, 0.2) is 23.3 Å². The van der Waals surface area contributed by atoms with Gasteiger partial charge in [-0.05, 0) is 30.0 Å². The standard InChI is InChI=1S/C14H16N4O/c15-17-16-13-8-4-7-11-12(13)9-18(14(11)19)10-5-2-1-3-6-10/h4,7-8,10H,1-3,5-6,9H2. The van der Waals surface area contributed by atoms with Gasteiger partial charge in [0, 0.05) is 28.7 Å². The van der Waals surface area contributed by atoms with Crippen LogP contribution >= 0.6 is 0 Å². The van der Waals surface area contributed by atoms with Gasteiger partial charge in [0.25, 0.3) is 5.91 Å². The topological polar surface area (TPSA) is 69.1 Å². The number of amides is 1. The first-order valence-electron chi connectivity index (χ1n) is 6.79. The van der Waals surface area contributed by atoms with Crippen LogP contribution in [-0.2, 0) is 6.54 Å². The number of carbonyl (C=O) groups is 1. The number of fused-ring (bicyclic) bond motifs is 1. The monoisotopic (exact) mass is 256 g/mol. The molecule has 0 unspecified atom stereocenters. The zero-order valence-electron chi connectivity index (χ0n) is 10.7. The van der Waals surface area contributed by atoms with Gasteiger partial charge in [0.15, 0.2) is 0 Å². The largest absolute Gasteiger partial charge is 0.331 e. The quantitative estimate of drug-likeness (QED) is 0.449. The second-order valence-electron chi connectivity index (χ2n) is 5.22. The third kappa shape index (κ3) is 2.06. The fourth-order valence-electron chi connectivity index (χ4n) is 3.17. The molecule has 3 rings (SSSR count). The molecule has 0 saturated heterocycles. The molecule has 5 nitrogen and oxygen atoms in total. The van der Waals surface area contributed by atoms with Gasteiger partial charge in [0.1, 0.15) is 0 Å². The Kier molecular flexibility index (Phi) is 3.13. The van der Waals surface area contributed by atoms with Crippen molar-refractivity contribution < 1.29 is 4.79 Å². The van der Waals surface area contributed by atoms with E-state index in [-0.39, 0.29) is 5.91 Å². The Morgan fingerprint density at radius 2 is 2.05 bits per heavy atom. The van der Waals surface area contributed by atoms with Crippen LogP contribution < -0.4 is 0 Å². The summed E-state index contributed by atoms with van der Waals surface area (Å²) >= 11 is 0. The Morgan fingerprint density at radius 1 is 1.26 bits per heavy atom. The van der Waals surface area contributed by atoms with E-state index in [0.29, 0.717) is 23.8 Å². The van der Waals surface area contributed by atoms with E-state index in [2.05, 4.69) is 10.0 Å². The minimum Gasteiger partial charge on any atom is -0.331 e. The summed E-state index contributed by atoms with van der Waals surface area (Å²) in [6.45, 7) is 0.591. The highest BCUT2D eigenvalue weighted by molar-refractivity contribution is 6.00. The van der Waals surface area contributed by atoms with Crippen LogP contribution in [0.2, 0.25) is 0 Å². The van der Waals surface area contributed by atoms with Crippen LogP contribution in [0.1, 0.15) is 48.0 Å². The van der Waals surface area contributed by atoms with Gasteiger partial charge < -0.3 is 4.90 Å². The van der Waals surface area contributed by atoms with E-state index < -0.39 is 0 Å². The van der Waals surface area contributed by atoms with E-state index >= 15 is 0 Å². The lowest BCUT2D eigenvalue weighted by Gasteiger charge is -2.30. The van der Waals surface area contributed by atoms with Gasteiger partial charge in [-0.15, -0.1) is 0 Å². The van der Waals surface area contributed by atoms with Gasteiger partial charge in [-0.2, -0.15) is 0 Å². The minimum absolute atomic E-state index is 0.0943. The molecule has 2 aliphatic rings. The maximum absolute atomic E-state index is 12.4. The third-order valence-electron chi connectivity index (χ3n) is 4.14. The van der Waals surface area contributed by atoms with E-state index in [1.807, 2.05) is 11.0 Å². The Balaban J connectivity index is 1.92. The van der Waals surface area contributed by atoms with Crippen LogP contribution in [0.4, 0.5) is 5.69 Å². The van der Waals surface area contributed by atoms with Crippen molar-refractivity contribution in [1.82, 2.24) is 4.90 Å². The molecular formula is C14H16N4O. The van der Waals surface area contributed by atoms with Crippen molar-refractivity contribution in [3.8, 4) is 0 Å². The number of rotatable bonds is 2. The number of benzene rings is 1. The van der Waals surface area contributed by atoms with E-state index in [1.165, 1.54) is 19.3 Å². The van der Waals surface area contributed by atoms with Gasteiger partial charge >= 0.3 is 0 Å². The molecule has 1 aliphatic heterocycles. The second kappa shape index (κ2) is 4.94. The lowest BCUT2D eigenvalue weighted by atomic mass is 9.94. The normalized spacial score (nSPS) is 19.2. The predicted molar refractivity (Wildman–Crippen MR) is 72.0 cm³/mol. The first-order chi connectivity index (χ1) is 9.31. The molecule has 1 saturated carbocycles. The van der Waals surface area contributed by atoms with Crippen LogP contribution in [0.25, 0.3) is 10.4 Å². The molecule has 1 amide bonds. The molecule has 0 N–H and O–H groups in total. The van der Waals surface area contributed by atoms with E-state index in [4.69, 9.17) is 5.53 Å². The van der Waals surface area contributed by atoms with Crippen molar-refractivity contribution in [1.29, 1.82) is 0 Å².